The van der Waals surface area contributed by atoms with Crippen molar-refractivity contribution in [3.8, 4) is 0 Å². The molecule has 0 fully saturated rings. The first-order valence-electron chi connectivity index (χ1n) is 11.6. The first-order chi connectivity index (χ1) is 12.7. The van der Waals surface area contributed by atoms with Crippen molar-refractivity contribution in [2.75, 3.05) is 19.6 Å². The standard InChI is InChI=1S/C24H51N3/c1-9-11-17-25-21(5)13-12-14-22(6)26-18-15-23(10-2)16-19-27-24(7,8)20(3)4/h21-23,25-27H,3,9-19H2,1-2,4-8H3. The molecule has 3 N–H and O–H groups in total. The van der Waals surface area contributed by atoms with E-state index >= 15 is 0 Å². The minimum atomic E-state index is 0.0492. The molecule has 0 heterocycles. The average Bonchev–Trinajstić information content (AvgIpc) is 2.60. The highest BCUT2D eigenvalue weighted by Crippen LogP contribution is 2.16. The Hall–Kier alpha value is -0.380. The third-order valence-corrected chi connectivity index (χ3v) is 6.11. The summed E-state index contributed by atoms with van der Waals surface area (Å²) in [5.74, 6) is 0.806. The Bertz CT molecular complexity index is 365. The number of hydrogen-bond acceptors (Lipinski definition) is 3. The van der Waals surface area contributed by atoms with Crippen LogP contribution in [-0.2, 0) is 0 Å². The molecular formula is C24H51N3. The average molecular weight is 382 g/mol. The fraction of sp³-hybridized carbons (Fsp3) is 0.917. The highest BCUT2D eigenvalue weighted by Gasteiger charge is 2.17. The Balaban J connectivity index is 3.80. The predicted molar refractivity (Wildman–Crippen MR) is 124 cm³/mol. The van der Waals surface area contributed by atoms with E-state index in [-0.39, 0.29) is 5.54 Å². The zero-order chi connectivity index (χ0) is 20.7. The largest absolute Gasteiger partial charge is 0.314 e. The lowest BCUT2D eigenvalue weighted by atomic mass is 9.94. The van der Waals surface area contributed by atoms with Crippen LogP contribution in [0.4, 0.5) is 0 Å². The van der Waals surface area contributed by atoms with Crippen molar-refractivity contribution in [2.24, 2.45) is 5.92 Å². The Morgan fingerprint density at radius 1 is 0.852 bits per heavy atom. The molecule has 0 aliphatic carbocycles. The van der Waals surface area contributed by atoms with Crippen molar-refractivity contribution >= 4 is 0 Å². The van der Waals surface area contributed by atoms with Gasteiger partial charge in [0.05, 0.1) is 0 Å². The molecule has 27 heavy (non-hydrogen) atoms. The summed E-state index contributed by atoms with van der Waals surface area (Å²) in [4.78, 5) is 0. The molecule has 0 aromatic rings. The van der Waals surface area contributed by atoms with Gasteiger partial charge in [0.2, 0.25) is 0 Å². The van der Waals surface area contributed by atoms with Gasteiger partial charge in [0, 0.05) is 17.6 Å². The van der Waals surface area contributed by atoms with E-state index in [2.05, 4.69) is 71.0 Å². The summed E-state index contributed by atoms with van der Waals surface area (Å²) in [5.41, 5.74) is 1.26. The van der Waals surface area contributed by atoms with Crippen molar-refractivity contribution in [3.05, 3.63) is 12.2 Å². The smallest absolute Gasteiger partial charge is 0.0331 e. The van der Waals surface area contributed by atoms with Crippen molar-refractivity contribution < 1.29 is 0 Å². The van der Waals surface area contributed by atoms with Gasteiger partial charge in [0.1, 0.15) is 0 Å². The van der Waals surface area contributed by atoms with Gasteiger partial charge < -0.3 is 16.0 Å². The van der Waals surface area contributed by atoms with Gasteiger partial charge in [0.15, 0.2) is 0 Å². The summed E-state index contributed by atoms with van der Waals surface area (Å²) in [7, 11) is 0. The lowest BCUT2D eigenvalue weighted by Gasteiger charge is -2.28. The molecule has 0 saturated carbocycles. The van der Waals surface area contributed by atoms with Crippen LogP contribution in [0, 0.1) is 5.92 Å². The van der Waals surface area contributed by atoms with Crippen molar-refractivity contribution in [1.29, 1.82) is 0 Å². The van der Waals surface area contributed by atoms with Crippen molar-refractivity contribution in [1.82, 2.24) is 16.0 Å². The van der Waals surface area contributed by atoms with E-state index in [0.29, 0.717) is 12.1 Å². The van der Waals surface area contributed by atoms with Crippen LogP contribution in [0.2, 0.25) is 0 Å². The molecule has 162 valence electrons. The molecule has 0 rings (SSSR count). The Kier molecular flexibility index (Phi) is 15.3. The van der Waals surface area contributed by atoms with Crippen LogP contribution in [0.3, 0.4) is 0 Å². The summed E-state index contributed by atoms with van der Waals surface area (Å²) in [6.45, 7) is 23.3. The van der Waals surface area contributed by atoms with Gasteiger partial charge in [-0.3, -0.25) is 0 Å². The Morgan fingerprint density at radius 2 is 1.41 bits per heavy atom. The van der Waals surface area contributed by atoms with Crippen LogP contribution in [-0.4, -0.2) is 37.3 Å². The van der Waals surface area contributed by atoms with E-state index in [1.165, 1.54) is 63.5 Å². The molecule has 0 aromatic carbocycles. The normalized spacial score (nSPS) is 15.5. The molecule has 0 bridgehead atoms. The van der Waals surface area contributed by atoms with Crippen LogP contribution in [0.5, 0.6) is 0 Å². The van der Waals surface area contributed by atoms with E-state index in [1.807, 2.05) is 0 Å². The van der Waals surface area contributed by atoms with Gasteiger partial charge in [-0.15, -0.1) is 0 Å². The Morgan fingerprint density at radius 3 is 1.93 bits per heavy atom. The summed E-state index contributed by atoms with van der Waals surface area (Å²) in [6, 6.07) is 1.29. The van der Waals surface area contributed by atoms with Crippen LogP contribution in [0.1, 0.15) is 99.8 Å². The van der Waals surface area contributed by atoms with Crippen LogP contribution < -0.4 is 16.0 Å². The van der Waals surface area contributed by atoms with Crippen molar-refractivity contribution in [3.63, 3.8) is 0 Å². The van der Waals surface area contributed by atoms with E-state index < -0.39 is 0 Å². The van der Waals surface area contributed by atoms with Gasteiger partial charge in [0.25, 0.3) is 0 Å². The zero-order valence-corrected chi connectivity index (χ0v) is 19.7. The third-order valence-electron chi connectivity index (χ3n) is 6.11. The lowest BCUT2D eigenvalue weighted by Crippen LogP contribution is -2.41. The minimum absolute atomic E-state index is 0.0492. The quantitative estimate of drug-likeness (QED) is 0.212. The van der Waals surface area contributed by atoms with E-state index in [0.717, 1.165) is 19.0 Å². The lowest BCUT2D eigenvalue weighted by molar-refractivity contribution is 0.363. The highest BCUT2D eigenvalue weighted by atomic mass is 15.0. The third kappa shape index (κ3) is 14.3. The monoisotopic (exact) mass is 381 g/mol. The molecule has 0 amide bonds. The SMILES string of the molecule is C=C(C)C(C)(C)NCCC(CC)CCNC(C)CCCC(C)NCCCC. The summed E-state index contributed by atoms with van der Waals surface area (Å²) in [6.07, 6.45) is 10.3. The van der Waals surface area contributed by atoms with Crippen LogP contribution in [0.25, 0.3) is 0 Å². The van der Waals surface area contributed by atoms with E-state index in [9.17, 15) is 0 Å². The van der Waals surface area contributed by atoms with Crippen LogP contribution in [0.15, 0.2) is 12.2 Å². The molecule has 0 saturated heterocycles. The second-order valence-electron chi connectivity index (χ2n) is 9.18. The van der Waals surface area contributed by atoms with Gasteiger partial charge >= 0.3 is 0 Å². The topological polar surface area (TPSA) is 36.1 Å². The maximum atomic E-state index is 4.09. The van der Waals surface area contributed by atoms with E-state index in [4.69, 9.17) is 0 Å². The van der Waals surface area contributed by atoms with Gasteiger partial charge in [-0.1, -0.05) is 45.3 Å². The molecule has 3 atom stereocenters. The van der Waals surface area contributed by atoms with Gasteiger partial charge in [-0.2, -0.15) is 0 Å². The van der Waals surface area contributed by atoms with Crippen LogP contribution >= 0.6 is 0 Å². The molecule has 0 aromatic heterocycles. The first kappa shape index (κ1) is 26.6. The zero-order valence-electron chi connectivity index (χ0n) is 19.7. The fourth-order valence-electron chi connectivity index (χ4n) is 3.29. The minimum Gasteiger partial charge on any atom is -0.314 e. The van der Waals surface area contributed by atoms with Crippen molar-refractivity contribution in [2.45, 2.75) is 117 Å². The van der Waals surface area contributed by atoms with Gasteiger partial charge in [-0.25, -0.2) is 0 Å². The molecule has 0 spiro atoms. The summed E-state index contributed by atoms with van der Waals surface area (Å²) in [5, 5.41) is 11.0. The van der Waals surface area contributed by atoms with E-state index in [1.54, 1.807) is 0 Å². The molecule has 0 radical (unpaired) electrons. The predicted octanol–water partition coefficient (Wildman–Crippen LogP) is 5.66. The molecule has 3 heteroatoms. The molecule has 0 aliphatic rings. The summed E-state index contributed by atoms with van der Waals surface area (Å²) < 4.78 is 0. The molecule has 3 unspecified atom stereocenters. The number of hydrogen-bond donors (Lipinski definition) is 3. The number of nitrogens with one attached hydrogen (secondary N) is 3. The second-order valence-corrected chi connectivity index (χ2v) is 9.18. The number of rotatable bonds is 18. The molecule has 3 nitrogen and oxygen atoms in total. The second kappa shape index (κ2) is 15.5. The fourth-order valence-corrected chi connectivity index (χ4v) is 3.29. The Labute approximate surface area is 171 Å². The molecule has 0 aliphatic heterocycles. The first-order valence-corrected chi connectivity index (χ1v) is 11.6. The summed E-state index contributed by atoms with van der Waals surface area (Å²) >= 11 is 0. The maximum Gasteiger partial charge on any atom is 0.0331 e. The molecular weight excluding hydrogens is 330 g/mol. The number of unbranched alkanes of at least 4 members (excludes halogenated alkanes) is 1. The van der Waals surface area contributed by atoms with Gasteiger partial charge in [-0.05, 0) is 92.3 Å². The maximum absolute atomic E-state index is 4.09. The highest BCUT2D eigenvalue weighted by molar-refractivity contribution is 5.09.